The van der Waals surface area contributed by atoms with Gasteiger partial charge in [0.2, 0.25) is 10.0 Å². The number of carbonyl (C=O) groups is 1. The standard InChI is InChI=1S/C18H28N2O3S.C2HF3O2/c1-24(21,22)19-17-15-23-14-10-18(17)8-12-20(13-9-18)11-7-16-5-3-2-4-6-16;3-2(4,5)1(6)7/h2-6,17,19H,7-15H2,1H3;(H,6,7). The fraction of sp³-hybridized carbons (Fsp3) is 0.650. The first-order valence-electron chi connectivity index (χ1n) is 10.0. The zero-order valence-corrected chi connectivity index (χ0v) is 18.2. The van der Waals surface area contributed by atoms with Gasteiger partial charge < -0.3 is 14.7 Å². The molecule has 2 aliphatic heterocycles. The summed E-state index contributed by atoms with van der Waals surface area (Å²) in [6, 6.07) is 10.5. The van der Waals surface area contributed by atoms with E-state index in [1.54, 1.807) is 0 Å². The van der Waals surface area contributed by atoms with E-state index in [9.17, 15) is 21.6 Å². The first-order valence-corrected chi connectivity index (χ1v) is 11.9. The molecule has 3 rings (SSSR count). The monoisotopic (exact) mass is 466 g/mol. The number of nitrogens with one attached hydrogen (secondary N) is 1. The quantitative estimate of drug-likeness (QED) is 0.691. The van der Waals surface area contributed by atoms with Crippen LogP contribution in [0.25, 0.3) is 0 Å². The molecule has 2 saturated heterocycles. The Kier molecular flexibility index (Phi) is 8.87. The van der Waals surface area contributed by atoms with E-state index >= 15 is 0 Å². The Labute approximate surface area is 180 Å². The average molecular weight is 467 g/mol. The third-order valence-corrected chi connectivity index (χ3v) is 6.49. The molecule has 0 aromatic heterocycles. The molecule has 2 N–H and O–H groups in total. The molecule has 0 amide bonds. The van der Waals surface area contributed by atoms with Gasteiger partial charge in [0.1, 0.15) is 0 Å². The minimum absolute atomic E-state index is 0.0601. The van der Waals surface area contributed by atoms with Crippen LogP contribution in [0.15, 0.2) is 30.3 Å². The van der Waals surface area contributed by atoms with Gasteiger partial charge in [-0.2, -0.15) is 13.2 Å². The fourth-order valence-corrected chi connectivity index (χ4v) is 4.83. The normalized spacial score (nSPS) is 21.9. The first-order chi connectivity index (χ1) is 14.4. The predicted octanol–water partition coefficient (Wildman–Crippen LogP) is 2.28. The van der Waals surface area contributed by atoms with Crippen LogP contribution in [-0.2, 0) is 26.0 Å². The van der Waals surface area contributed by atoms with Gasteiger partial charge in [-0.1, -0.05) is 30.3 Å². The fourth-order valence-electron chi connectivity index (χ4n) is 4.00. The van der Waals surface area contributed by atoms with Crippen molar-refractivity contribution in [3.05, 3.63) is 35.9 Å². The molecule has 2 heterocycles. The van der Waals surface area contributed by atoms with E-state index in [1.807, 2.05) is 6.07 Å². The highest BCUT2D eigenvalue weighted by Crippen LogP contribution is 2.41. The largest absolute Gasteiger partial charge is 0.490 e. The lowest BCUT2D eigenvalue weighted by molar-refractivity contribution is -0.192. The van der Waals surface area contributed by atoms with Crippen LogP contribution >= 0.6 is 0 Å². The maximum absolute atomic E-state index is 11.7. The molecule has 31 heavy (non-hydrogen) atoms. The molecule has 11 heteroatoms. The first kappa shape index (κ1) is 25.6. The van der Waals surface area contributed by atoms with Crippen molar-refractivity contribution in [3.8, 4) is 0 Å². The molecule has 1 aromatic carbocycles. The molecule has 1 aromatic rings. The summed E-state index contributed by atoms with van der Waals surface area (Å²) in [6.45, 7) is 4.38. The summed E-state index contributed by atoms with van der Waals surface area (Å²) in [4.78, 5) is 11.4. The van der Waals surface area contributed by atoms with Gasteiger partial charge in [-0.3, -0.25) is 0 Å². The lowest BCUT2D eigenvalue weighted by Gasteiger charge is -2.49. The van der Waals surface area contributed by atoms with Crippen LogP contribution in [0, 0.1) is 5.41 Å². The van der Waals surface area contributed by atoms with E-state index in [2.05, 4.69) is 33.9 Å². The van der Waals surface area contributed by atoms with E-state index in [4.69, 9.17) is 14.6 Å². The Balaban J connectivity index is 0.000000423. The maximum Gasteiger partial charge on any atom is 0.490 e. The van der Waals surface area contributed by atoms with Crippen molar-refractivity contribution < 1.29 is 36.2 Å². The van der Waals surface area contributed by atoms with Crippen molar-refractivity contribution in [2.45, 2.75) is 37.9 Å². The topological polar surface area (TPSA) is 95.9 Å². The number of likely N-dealkylation sites (tertiary alicyclic amines) is 1. The lowest BCUT2D eigenvalue weighted by atomic mass is 9.69. The van der Waals surface area contributed by atoms with E-state index in [1.165, 1.54) is 11.8 Å². The highest BCUT2D eigenvalue weighted by atomic mass is 32.2. The molecule has 2 fully saturated rings. The summed E-state index contributed by atoms with van der Waals surface area (Å²) >= 11 is 0. The number of piperidine rings is 1. The van der Waals surface area contributed by atoms with Crippen LogP contribution in [-0.4, -0.2) is 75.7 Å². The maximum atomic E-state index is 11.7. The van der Waals surface area contributed by atoms with Gasteiger partial charge in [0, 0.05) is 13.2 Å². The van der Waals surface area contributed by atoms with E-state index in [0.717, 1.165) is 51.9 Å². The number of nitrogens with zero attached hydrogens (tertiary/aromatic N) is 1. The number of benzene rings is 1. The summed E-state index contributed by atoms with van der Waals surface area (Å²) in [6.07, 6.45) is 0.260. The van der Waals surface area contributed by atoms with Gasteiger partial charge >= 0.3 is 12.1 Å². The molecule has 0 radical (unpaired) electrons. The molecule has 1 spiro atoms. The highest BCUT2D eigenvalue weighted by molar-refractivity contribution is 7.88. The molecule has 0 saturated carbocycles. The number of ether oxygens (including phenoxy) is 1. The van der Waals surface area contributed by atoms with E-state index in [0.29, 0.717) is 6.61 Å². The van der Waals surface area contributed by atoms with Crippen molar-refractivity contribution in [3.63, 3.8) is 0 Å². The number of rotatable bonds is 5. The third kappa shape index (κ3) is 8.40. The Hall–Kier alpha value is -1.69. The summed E-state index contributed by atoms with van der Waals surface area (Å²) in [5.74, 6) is -2.76. The summed E-state index contributed by atoms with van der Waals surface area (Å²) in [7, 11) is -3.20. The number of sulfonamides is 1. The smallest absolute Gasteiger partial charge is 0.475 e. The average Bonchev–Trinajstić information content (AvgIpc) is 2.69. The molecule has 1 atom stereocenters. The number of aliphatic carboxylic acids is 1. The third-order valence-electron chi connectivity index (χ3n) is 5.78. The van der Waals surface area contributed by atoms with Gasteiger partial charge in [0.05, 0.1) is 18.9 Å². The van der Waals surface area contributed by atoms with Gasteiger partial charge in [-0.15, -0.1) is 0 Å². The molecule has 0 bridgehead atoms. The van der Waals surface area contributed by atoms with Crippen molar-refractivity contribution >= 4 is 16.0 Å². The van der Waals surface area contributed by atoms with Crippen molar-refractivity contribution in [1.29, 1.82) is 0 Å². The number of hydrogen-bond donors (Lipinski definition) is 2. The molecule has 2 aliphatic rings. The van der Waals surface area contributed by atoms with Crippen LogP contribution in [0.4, 0.5) is 13.2 Å². The van der Waals surface area contributed by atoms with Gasteiger partial charge in [-0.05, 0) is 49.8 Å². The van der Waals surface area contributed by atoms with Crippen molar-refractivity contribution in [2.75, 3.05) is 39.1 Å². The second-order valence-corrected chi connectivity index (χ2v) is 9.79. The SMILES string of the molecule is CS(=O)(=O)NC1COCCC12CCN(CCc1ccccc1)CC2.O=C(O)C(F)(F)F. The molecule has 176 valence electrons. The number of alkyl halides is 3. The second kappa shape index (κ2) is 10.8. The van der Waals surface area contributed by atoms with Crippen molar-refractivity contribution in [2.24, 2.45) is 5.41 Å². The van der Waals surface area contributed by atoms with E-state index in [-0.39, 0.29) is 11.5 Å². The summed E-state index contributed by atoms with van der Waals surface area (Å²) in [5, 5.41) is 7.12. The van der Waals surface area contributed by atoms with Gasteiger partial charge in [0.25, 0.3) is 0 Å². The Morgan fingerprint density at radius 1 is 1.23 bits per heavy atom. The van der Waals surface area contributed by atoms with Gasteiger partial charge in [0.15, 0.2) is 0 Å². The van der Waals surface area contributed by atoms with Crippen LogP contribution in [0.3, 0.4) is 0 Å². The number of carboxylic acids is 1. The molecule has 1 unspecified atom stereocenters. The van der Waals surface area contributed by atoms with Crippen LogP contribution < -0.4 is 4.72 Å². The second-order valence-electron chi connectivity index (χ2n) is 8.01. The lowest BCUT2D eigenvalue weighted by Crippen LogP contribution is -2.57. The predicted molar refractivity (Wildman–Crippen MR) is 109 cm³/mol. The Morgan fingerprint density at radius 2 is 1.81 bits per heavy atom. The van der Waals surface area contributed by atoms with Gasteiger partial charge in [-0.25, -0.2) is 17.9 Å². The van der Waals surface area contributed by atoms with E-state index < -0.39 is 22.2 Å². The zero-order valence-electron chi connectivity index (χ0n) is 17.4. The van der Waals surface area contributed by atoms with Crippen LogP contribution in [0.2, 0.25) is 0 Å². The Morgan fingerprint density at radius 3 is 2.32 bits per heavy atom. The number of hydrogen-bond acceptors (Lipinski definition) is 5. The minimum atomic E-state index is -5.08. The number of carboxylic acid groups (broad SMARTS) is 1. The highest BCUT2D eigenvalue weighted by Gasteiger charge is 2.44. The summed E-state index contributed by atoms with van der Waals surface area (Å²) in [5.41, 5.74) is 1.44. The molecular weight excluding hydrogens is 437 g/mol. The van der Waals surface area contributed by atoms with Crippen molar-refractivity contribution in [1.82, 2.24) is 9.62 Å². The van der Waals surface area contributed by atoms with Crippen LogP contribution in [0.5, 0.6) is 0 Å². The minimum Gasteiger partial charge on any atom is -0.475 e. The zero-order chi connectivity index (χ0) is 23.1. The summed E-state index contributed by atoms with van der Waals surface area (Å²) < 4.78 is 63.4. The molecule has 7 nitrogen and oxygen atoms in total. The molecular formula is C20H29F3N2O5S. The molecule has 0 aliphatic carbocycles. The Bertz CT molecular complexity index is 810. The van der Waals surface area contributed by atoms with Crippen LogP contribution in [0.1, 0.15) is 24.8 Å². The number of halogens is 3.